The average molecular weight is 376 g/mol. The van der Waals surface area contributed by atoms with Gasteiger partial charge in [0, 0.05) is 6.08 Å². The van der Waals surface area contributed by atoms with Gasteiger partial charge in [0.25, 0.3) is 0 Å². The van der Waals surface area contributed by atoms with Crippen molar-refractivity contribution in [2.75, 3.05) is 27.1 Å². The van der Waals surface area contributed by atoms with Gasteiger partial charge in [-0.1, -0.05) is 23.7 Å². The normalized spacial score (nSPS) is 12.2. The van der Waals surface area contributed by atoms with Crippen LogP contribution in [0.1, 0.15) is 5.56 Å². The molecule has 0 saturated carbocycles. The molecule has 0 radical (unpaired) electrons. The largest absolute Gasteiger partial charge is 0.493 e. The van der Waals surface area contributed by atoms with Gasteiger partial charge in [-0.15, -0.1) is 0 Å². The van der Waals surface area contributed by atoms with E-state index in [0.717, 1.165) is 5.56 Å². The molecule has 1 aliphatic heterocycles. The quantitative estimate of drug-likeness (QED) is 0.594. The number of halogens is 1. The van der Waals surface area contributed by atoms with Crippen molar-refractivity contribution in [3.05, 3.63) is 53.1 Å². The lowest BCUT2D eigenvalue weighted by molar-refractivity contribution is -0.116. The Balaban J connectivity index is 1.47. The number of carbonyl (C=O) groups is 1. The summed E-state index contributed by atoms with van der Waals surface area (Å²) in [5.41, 5.74) is 0.750. The minimum absolute atomic E-state index is 0.148. The molecule has 0 bridgehead atoms. The molecule has 2 aromatic carbocycles. The summed E-state index contributed by atoms with van der Waals surface area (Å²) in [5, 5.41) is 3.20. The summed E-state index contributed by atoms with van der Waals surface area (Å²) < 4.78 is 21.3. The molecule has 7 heteroatoms. The molecule has 1 amide bonds. The van der Waals surface area contributed by atoms with Gasteiger partial charge in [0.1, 0.15) is 6.61 Å². The second-order valence-electron chi connectivity index (χ2n) is 5.36. The number of hydrogen-bond acceptors (Lipinski definition) is 5. The third-order valence-corrected chi connectivity index (χ3v) is 3.89. The van der Waals surface area contributed by atoms with Crippen LogP contribution in [0, 0.1) is 0 Å². The molecule has 0 spiro atoms. The van der Waals surface area contributed by atoms with Crippen LogP contribution in [-0.2, 0) is 4.79 Å². The highest BCUT2D eigenvalue weighted by atomic mass is 35.5. The lowest BCUT2D eigenvalue weighted by atomic mass is 10.2. The molecule has 0 fully saturated rings. The Morgan fingerprint density at radius 3 is 2.88 bits per heavy atom. The van der Waals surface area contributed by atoms with Crippen LogP contribution < -0.4 is 24.3 Å². The fourth-order valence-electron chi connectivity index (χ4n) is 2.39. The van der Waals surface area contributed by atoms with Crippen LogP contribution in [0.2, 0.25) is 5.02 Å². The van der Waals surface area contributed by atoms with Crippen LogP contribution in [0.15, 0.2) is 42.5 Å². The summed E-state index contributed by atoms with van der Waals surface area (Å²) in [6.45, 7) is 0.841. The van der Waals surface area contributed by atoms with Gasteiger partial charge >= 0.3 is 0 Å². The van der Waals surface area contributed by atoms with Crippen LogP contribution in [0.25, 0.3) is 6.08 Å². The maximum Gasteiger partial charge on any atom is 0.244 e. The molecule has 1 heterocycles. The lowest BCUT2D eigenvalue weighted by Crippen LogP contribution is -2.26. The van der Waals surface area contributed by atoms with Gasteiger partial charge in [-0.25, -0.2) is 0 Å². The van der Waals surface area contributed by atoms with Crippen LogP contribution in [0.4, 0.5) is 0 Å². The molecule has 2 aromatic rings. The van der Waals surface area contributed by atoms with Gasteiger partial charge in [-0.05, 0) is 35.9 Å². The first kappa shape index (κ1) is 17.9. The second-order valence-corrected chi connectivity index (χ2v) is 5.77. The molecule has 0 aromatic heterocycles. The number of para-hydroxylation sites is 2. The summed E-state index contributed by atoms with van der Waals surface area (Å²) in [6, 6.07) is 10.8. The number of rotatable bonds is 7. The topological polar surface area (TPSA) is 66.0 Å². The SMILES string of the molecule is COc1ccccc1OCCNC(=O)/C=C/c1cc(Cl)c2c(c1)OCO2. The third-order valence-electron chi connectivity index (χ3n) is 3.60. The standard InChI is InChI=1S/C19H18ClNO5/c1-23-15-4-2-3-5-16(15)24-9-8-21-18(22)7-6-13-10-14(20)19-17(11-13)25-12-26-19/h2-7,10-11H,8-9,12H2,1H3,(H,21,22)/b7-6+. The summed E-state index contributed by atoms with van der Waals surface area (Å²) in [7, 11) is 1.58. The maximum absolute atomic E-state index is 11.9. The van der Waals surface area contributed by atoms with E-state index in [0.29, 0.717) is 41.2 Å². The highest BCUT2D eigenvalue weighted by Crippen LogP contribution is 2.40. The fraction of sp³-hybridized carbons (Fsp3) is 0.211. The molecule has 0 saturated heterocycles. The molecule has 1 N–H and O–H groups in total. The van der Waals surface area contributed by atoms with E-state index in [4.69, 9.17) is 30.5 Å². The predicted molar refractivity (Wildman–Crippen MR) is 98.1 cm³/mol. The molecule has 0 aliphatic carbocycles. The van der Waals surface area contributed by atoms with Crippen molar-refractivity contribution < 1.29 is 23.7 Å². The number of carbonyl (C=O) groups excluding carboxylic acids is 1. The summed E-state index contributed by atoms with van der Waals surface area (Å²) in [5.74, 6) is 2.15. The Labute approximate surface area is 156 Å². The molecule has 3 rings (SSSR count). The molecule has 0 unspecified atom stereocenters. The first-order valence-electron chi connectivity index (χ1n) is 7.98. The monoisotopic (exact) mass is 375 g/mol. The fourth-order valence-corrected chi connectivity index (χ4v) is 2.66. The van der Waals surface area contributed by atoms with Crippen molar-refractivity contribution in [3.63, 3.8) is 0 Å². The van der Waals surface area contributed by atoms with Crippen molar-refractivity contribution >= 4 is 23.6 Å². The van der Waals surface area contributed by atoms with E-state index in [1.807, 2.05) is 24.3 Å². The molecular weight excluding hydrogens is 358 g/mol. The third kappa shape index (κ3) is 4.40. The highest BCUT2D eigenvalue weighted by Gasteiger charge is 2.17. The van der Waals surface area contributed by atoms with Crippen molar-refractivity contribution in [2.24, 2.45) is 0 Å². The first-order valence-corrected chi connectivity index (χ1v) is 8.36. The first-order chi connectivity index (χ1) is 12.7. The van der Waals surface area contributed by atoms with Gasteiger partial charge in [0.2, 0.25) is 12.7 Å². The Hall–Kier alpha value is -2.86. The zero-order valence-corrected chi connectivity index (χ0v) is 14.9. The molecule has 136 valence electrons. The number of nitrogens with one attached hydrogen (secondary N) is 1. The molecule has 26 heavy (non-hydrogen) atoms. The van der Waals surface area contributed by atoms with Crippen molar-refractivity contribution in [1.29, 1.82) is 0 Å². The highest BCUT2D eigenvalue weighted by molar-refractivity contribution is 6.32. The van der Waals surface area contributed by atoms with Gasteiger partial charge < -0.3 is 24.3 Å². The van der Waals surface area contributed by atoms with Gasteiger partial charge in [0.15, 0.2) is 23.0 Å². The summed E-state index contributed by atoms with van der Waals surface area (Å²) in [6.07, 6.45) is 3.08. The summed E-state index contributed by atoms with van der Waals surface area (Å²) in [4.78, 5) is 11.9. The Bertz CT molecular complexity index is 822. The van der Waals surface area contributed by atoms with E-state index in [1.54, 1.807) is 25.3 Å². The van der Waals surface area contributed by atoms with E-state index in [9.17, 15) is 4.79 Å². The number of methoxy groups -OCH3 is 1. The van der Waals surface area contributed by atoms with Gasteiger partial charge in [-0.3, -0.25) is 4.79 Å². The predicted octanol–water partition coefficient (Wildman–Crippen LogP) is 3.29. The Morgan fingerprint density at radius 2 is 2.08 bits per heavy atom. The number of amides is 1. The molecule has 6 nitrogen and oxygen atoms in total. The average Bonchev–Trinajstić information content (AvgIpc) is 3.13. The number of hydrogen-bond donors (Lipinski definition) is 1. The number of fused-ring (bicyclic) bond motifs is 1. The van der Waals surface area contributed by atoms with E-state index in [-0.39, 0.29) is 12.7 Å². The van der Waals surface area contributed by atoms with Gasteiger partial charge in [-0.2, -0.15) is 0 Å². The smallest absolute Gasteiger partial charge is 0.244 e. The minimum atomic E-state index is -0.234. The van der Waals surface area contributed by atoms with Crippen molar-refractivity contribution in [1.82, 2.24) is 5.32 Å². The van der Waals surface area contributed by atoms with Gasteiger partial charge in [0.05, 0.1) is 18.7 Å². The Kier molecular flexibility index (Phi) is 5.86. The molecule has 1 aliphatic rings. The molecular formula is C19H18ClNO5. The van der Waals surface area contributed by atoms with Crippen LogP contribution in [0.3, 0.4) is 0 Å². The van der Waals surface area contributed by atoms with E-state index >= 15 is 0 Å². The van der Waals surface area contributed by atoms with Crippen molar-refractivity contribution in [3.8, 4) is 23.0 Å². The van der Waals surface area contributed by atoms with Crippen LogP contribution >= 0.6 is 11.6 Å². The maximum atomic E-state index is 11.9. The van der Waals surface area contributed by atoms with Crippen molar-refractivity contribution in [2.45, 2.75) is 0 Å². The zero-order valence-electron chi connectivity index (χ0n) is 14.2. The second kappa shape index (κ2) is 8.49. The molecule has 0 atom stereocenters. The Morgan fingerprint density at radius 1 is 1.27 bits per heavy atom. The number of benzene rings is 2. The van der Waals surface area contributed by atoms with Crippen LogP contribution in [-0.4, -0.2) is 33.0 Å². The lowest BCUT2D eigenvalue weighted by Gasteiger charge is -2.10. The van der Waals surface area contributed by atoms with Crippen LogP contribution in [0.5, 0.6) is 23.0 Å². The van der Waals surface area contributed by atoms with E-state index in [2.05, 4.69) is 5.32 Å². The number of ether oxygens (including phenoxy) is 4. The van der Waals surface area contributed by atoms with E-state index in [1.165, 1.54) is 6.08 Å². The zero-order chi connectivity index (χ0) is 18.4. The van der Waals surface area contributed by atoms with E-state index < -0.39 is 0 Å². The minimum Gasteiger partial charge on any atom is -0.493 e. The summed E-state index contributed by atoms with van der Waals surface area (Å²) >= 11 is 6.11.